The first-order valence-electron chi connectivity index (χ1n) is 3.34. The molecule has 0 spiro atoms. The summed E-state index contributed by atoms with van der Waals surface area (Å²) in [6.07, 6.45) is 0. The molecule has 0 aliphatic heterocycles. The molecule has 0 aliphatic carbocycles. The van der Waals surface area contributed by atoms with Crippen LogP contribution in [-0.2, 0) is 10.0 Å². The maximum atomic E-state index is 11.3. The van der Waals surface area contributed by atoms with Crippen LogP contribution < -0.4 is 4.72 Å². The molecule has 0 fully saturated rings. The quantitative estimate of drug-likeness (QED) is 0.849. The number of sulfonamides is 1. The maximum Gasteiger partial charge on any atom is 0.371 e. The van der Waals surface area contributed by atoms with Gasteiger partial charge in [0.1, 0.15) is 4.90 Å². The summed E-state index contributed by atoms with van der Waals surface area (Å²) < 4.78 is 29.1. The van der Waals surface area contributed by atoms with Crippen LogP contribution >= 0.6 is 15.9 Å². The van der Waals surface area contributed by atoms with Gasteiger partial charge in [0, 0.05) is 6.07 Å². The van der Waals surface area contributed by atoms with Gasteiger partial charge in [-0.3, -0.25) is 0 Å². The highest BCUT2D eigenvalue weighted by atomic mass is 79.9. The van der Waals surface area contributed by atoms with Crippen LogP contribution in [0, 0.1) is 0 Å². The van der Waals surface area contributed by atoms with E-state index in [0.717, 1.165) is 6.07 Å². The Morgan fingerprint density at radius 1 is 1.64 bits per heavy atom. The van der Waals surface area contributed by atoms with E-state index in [0.29, 0.717) is 0 Å². The largest absolute Gasteiger partial charge is 0.475 e. The molecule has 8 heteroatoms. The van der Waals surface area contributed by atoms with E-state index in [1.165, 1.54) is 7.05 Å². The molecule has 0 atom stereocenters. The second-order valence-electron chi connectivity index (χ2n) is 2.26. The van der Waals surface area contributed by atoms with Crippen LogP contribution in [0.2, 0.25) is 0 Å². The van der Waals surface area contributed by atoms with Gasteiger partial charge < -0.3 is 9.52 Å². The van der Waals surface area contributed by atoms with E-state index in [4.69, 9.17) is 5.11 Å². The lowest BCUT2D eigenvalue weighted by molar-refractivity contribution is 0.0661. The number of carboxylic acid groups (broad SMARTS) is 1. The van der Waals surface area contributed by atoms with Crippen molar-refractivity contribution >= 4 is 31.9 Å². The summed E-state index contributed by atoms with van der Waals surface area (Å²) in [5.41, 5.74) is 0. The van der Waals surface area contributed by atoms with Crippen molar-refractivity contribution < 1.29 is 22.7 Å². The number of nitrogens with one attached hydrogen (secondary N) is 1. The molecule has 0 saturated heterocycles. The highest BCUT2D eigenvalue weighted by Gasteiger charge is 2.23. The van der Waals surface area contributed by atoms with Crippen LogP contribution in [0.15, 0.2) is 20.0 Å². The van der Waals surface area contributed by atoms with Crippen molar-refractivity contribution in [2.24, 2.45) is 0 Å². The van der Waals surface area contributed by atoms with Crippen molar-refractivity contribution in [3.8, 4) is 0 Å². The summed E-state index contributed by atoms with van der Waals surface area (Å²) in [6, 6.07) is 0.929. The zero-order valence-corrected chi connectivity index (χ0v) is 9.35. The molecule has 0 bridgehead atoms. The van der Waals surface area contributed by atoms with Crippen molar-refractivity contribution in [3.63, 3.8) is 0 Å². The number of carbonyl (C=O) groups is 1. The first-order chi connectivity index (χ1) is 6.38. The van der Waals surface area contributed by atoms with E-state index in [9.17, 15) is 13.2 Å². The van der Waals surface area contributed by atoms with Gasteiger partial charge in [-0.1, -0.05) is 0 Å². The van der Waals surface area contributed by atoms with E-state index in [1.54, 1.807) is 0 Å². The third-order valence-electron chi connectivity index (χ3n) is 1.42. The fourth-order valence-corrected chi connectivity index (χ4v) is 2.41. The van der Waals surface area contributed by atoms with E-state index < -0.39 is 21.8 Å². The number of carboxylic acids is 1. The summed E-state index contributed by atoms with van der Waals surface area (Å²) in [5.74, 6) is -1.77. The third kappa shape index (κ3) is 1.97. The maximum absolute atomic E-state index is 11.3. The second-order valence-corrected chi connectivity index (χ2v) is 4.84. The summed E-state index contributed by atoms with van der Waals surface area (Å²) in [5, 5.41) is 8.53. The first kappa shape index (κ1) is 11.2. The summed E-state index contributed by atoms with van der Waals surface area (Å²) in [4.78, 5) is 10.2. The summed E-state index contributed by atoms with van der Waals surface area (Å²) >= 11 is 2.81. The molecule has 6 nitrogen and oxygen atoms in total. The number of hydrogen-bond acceptors (Lipinski definition) is 4. The molecular formula is C6H6BrNO5S. The van der Waals surface area contributed by atoms with E-state index in [2.05, 4.69) is 20.3 Å². The van der Waals surface area contributed by atoms with Crippen LogP contribution in [-0.4, -0.2) is 26.5 Å². The van der Waals surface area contributed by atoms with Crippen molar-refractivity contribution in [1.29, 1.82) is 0 Å². The molecule has 1 aromatic rings. The average Bonchev–Trinajstić information content (AvgIpc) is 2.48. The van der Waals surface area contributed by atoms with Gasteiger partial charge in [-0.05, 0) is 23.0 Å². The predicted molar refractivity (Wildman–Crippen MR) is 49.6 cm³/mol. The molecule has 1 heterocycles. The highest BCUT2D eigenvalue weighted by Crippen LogP contribution is 2.25. The Morgan fingerprint density at radius 3 is 2.57 bits per heavy atom. The molecule has 0 aliphatic rings. The normalized spacial score (nSPS) is 11.6. The van der Waals surface area contributed by atoms with Gasteiger partial charge >= 0.3 is 5.97 Å². The number of aromatic carboxylic acids is 1. The zero-order valence-electron chi connectivity index (χ0n) is 6.94. The molecular weight excluding hydrogens is 278 g/mol. The fourth-order valence-electron chi connectivity index (χ4n) is 0.751. The number of furan rings is 1. The zero-order chi connectivity index (χ0) is 10.9. The Hall–Kier alpha value is -0.860. The van der Waals surface area contributed by atoms with Gasteiger partial charge in [-0.2, -0.15) is 0 Å². The van der Waals surface area contributed by atoms with E-state index in [-0.39, 0.29) is 9.56 Å². The van der Waals surface area contributed by atoms with Crippen molar-refractivity contribution in [3.05, 3.63) is 16.5 Å². The minimum absolute atomic E-state index is 0.135. The van der Waals surface area contributed by atoms with Gasteiger partial charge in [-0.15, -0.1) is 0 Å². The number of halogens is 1. The molecule has 14 heavy (non-hydrogen) atoms. The molecule has 0 radical (unpaired) electrons. The first-order valence-corrected chi connectivity index (χ1v) is 5.62. The number of rotatable bonds is 3. The van der Waals surface area contributed by atoms with Gasteiger partial charge in [0.15, 0.2) is 4.67 Å². The minimum Gasteiger partial charge on any atom is -0.475 e. The van der Waals surface area contributed by atoms with Crippen LogP contribution in [0.3, 0.4) is 0 Å². The molecule has 0 aromatic carbocycles. The highest BCUT2D eigenvalue weighted by molar-refractivity contribution is 9.10. The fraction of sp³-hybridized carbons (Fsp3) is 0.167. The average molecular weight is 284 g/mol. The second kappa shape index (κ2) is 3.71. The van der Waals surface area contributed by atoms with Gasteiger partial charge in [-0.25, -0.2) is 17.9 Å². The smallest absolute Gasteiger partial charge is 0.371 e. The molecule has 0 unspecified atom stereocenters. The van der Waals surface area contributed by atoms with Gasteiger partial charge in [0.2, 0.25) is 15.8 Å². The van der Waals surface area contributed by atoms with Crippen LogP contribution in [0.4, 0.5) is 0 Å². The minimum atomic E-state index is -3.70. The van der Waals surface area contributed by atoms with E-state index >= 15 is 0 Å². The topological polar surface area (TPSA) is 96.6 Å². The number of hydrogen-bond donors (Lipinski definition) is 2. The molecule has 0 amide bonds. The SMILES string of the molecule is CNS(=O)(=O)c1cc(C(=O)O)oc1Br. The Morgan fingerprint density at radius 2 is 2.21 bits per heavy atom. The third-order valence-corrected chi connectivity index (χ3v) is 3.70. The molecule has 78 valence electrons. The van der Waals surface area contributed by atoms with E-state index in [1.807, 2.05) is 4.72 Å². The summed E-state index contributed by atoms with van der Waals surface area (Å²) in [7, 11) is -2.48. The Balaban J connectivity index is 3.31. The van der Waals surface area contributed by atoms with Crippen LogP contribution in [0.5, 0.6) is 0 Å². The Bertz CT molecular complexity index is 463. The summed E-state index contributed by atoms with van der Waals surface area (Å²) in [6.45, 7) is 0. The molecule has 1 rings (SSSR count). The molecule has 0 saturated carbocycles. The lowest BCUT2D eigenvalue weighted by Crippen LogP contribution is -2.18. The lowest BCUT2D eigenvalue weighted by Gasteiger charge is -1.96. The predicted octanol–water partition coefficient (Wildman–Crippen LogP) is 0.648. The standard InChI is InChI=1S/C6H6BrNO5S/c1-8-14(11,12)4-2-3(6(9)10)13-5(4)7/h2,8H,1H3,(H,9,10). The van der Waals surface area contributed by atoms with Gasteiger partial charge in [0.25, 0.3) is 0 Å². The monoisotopic (exact) mass is 283 g/mol. The Kier molecular flexibility index (Phi) is 2.98. The van der Waals surface area contributed by atoms with Crippen molar-refractivity contribution in [2.45, 2.75) is 4.90 Å². The van der Waals surface area contributed by atoms with Gasteiger partial charge in [0.05, 0.1) is 0 Å². The van der Waals surface area contributed by atoms with Crippen molar-refractivity contribution in [1.82, 2.24) is 4.72 Å². The van der Waals surface area contributed by atoms with Crippen LogP contribution in [0.25, 0.3) is 0 Å². The molecule has 2 N–H and O–H groups in total. The Labute approximate surface area is 88.1 Å². The molecule has 1 aromatic heterocycles. The van der Waals surface area contributed by atoms with Crippen molar-refractivity contribution in [2.75, 3.05) is 7.05 Å². The lowest BCUT2D eigenvalue weighted by atomic mass is 10.5. The van der Waals surface area contributed by atoms with Crippen LogP contribution in [0.1, 0.15) is 10.6 Å².